The van der Waals surface area contributed by atoms with E-state index in [0.29, 0.717) is 16.8 Å². The molecule has 2 heterocycles. The number of anilines is 1. The minimum absolute atomic E-state index is 0.254. The third kappa shape index (κ3) is 5.17. The second-order valence-corrected chi connectivity index (χ2v) is 8.10. The van der Waals surface area contributed by atoms with Gasteiger partial charge in [-0.05, 0) is 57.6 Å². The zero-order chi connectivity index (χ0) is 19.6. The Kier molecular flexibility index (Phi) is 6.01. The minimum atomic E-state index is -2.45. The van der Waals surface area contributed by atoms with Gasteiger partial charge in [-0.3, -0.25) is 4.68 Å². The molecule has 0 atom stereocenters. The van der Waals surface area contributed by atoms with Crippen molar-refractivity contribution in [3.05, 3.63) is 29.7 Å². The molecule has 0 radical (unpaired) electrons. The molecule has 0 aliphatic heterocycles. The fourth-order valence-electron chi connectivity index (χ4n) is 3.67. The maximum atomic E-state index is 12.6. The predicted octanol–water partition coefficient (Wildman–Crippen LogP) is 4.61. The van der Waals surface area contributed by atoms with Gasteiger partial charge in [0.2, 0.25) is 0 Å². The van der Waals surface area contributed by atoms with Crippen molar-refractivity contribution >= 4 is 17.3 Å². The lowest BCUT2D eigenvalue weighted by Gasteiger charge is -2.36. The predicted molar refractivity (Wildman–Crippen MR) is 102 cm³/mol. The molecule has 1 saturated carbocycles. The van der Waals surface area contributed by atoms with Gasteiger partial charge in [0, 0.05) is 29.7 Å². The molecule has 0 bridgehead atoms. The molecular weight excluding hydrogens is 374 g/mol. The number of halogens is 3. The molecule has 148 valence electrons. The normalized spacial score (nSPS) is 20.9. The van der Waals surface area contributed by atoms with Crippen molar-refractivity contribution in [1.29, 1.82) is 0 Å². The Balaban J connectivity index is 1.74. The van der Waals surface area contributed by atoms with Crippen LogP contribution in [0, 0.1) is 5.92 Å². The van der Waals surface area contributed by atoms with E-state index < -0.39 is 18.6 Å². The topological polar surface area (TPSA) is 63.0 Å². The molecule has 2 aromatic heterocycles. The number of rotatable bonds is 6. The summed E-state index contributed by atoms with van der Waals surface area (Å²) in [6.45, 7) is 3.29. The van der Waals surface area contributed by atoms with Gasteiger partial charge in [0.1, 0.15) is 11.7 Å². The van der Waals surface area contributed by atoms with Gasteiger partial charge in [0.25, 0.3) is 6.43 Å². The summed E-state index contributed by atoms with van der Waals surface area (Å²) in [7, 11) is 0. The molecule has 0 saturated heterocycles. The Morgan fingerprint density at radius 1 is 1.33 bits per heavy atom. The number of aliphatic hydroxyl groups is 1. The van der Waals surface area contributed by atoms with E-state index in [9.17, 15) is 13.9 Å². The molecule has 0 amide bonds. The van der Waals surface area contributed by atoms with Crippen LogP contribution in [0.25, 0.3) is 11.3 Å². The highest BCUT2D eigenvalue weighted by atomic mass is 35.5. The zero-order valence-corrected chi connectivity index (χ0v) is 16.3. The molecule has 8 heteroatoms. The highest BCUT2D eigenvalue weighted by Gasteiger charge is 2.31. The first-order valence-electron chi connectivity index (χ1n) is 9.19. The Morgan fingerprint density at radius 2 is 2.04 bits per heavy atom. The maximum Gasteiger partial charge on any atom is 0.257 e. The number of aromatic nitrogens is 3. The Morgan fingerprint density at radius 3 is 2.67 bits per heavy atom. The van der Waals surface area contributed by atoms with Gasteiger partial charge in [-0.2, -0.15) is 5.10 Å². The van der Waals surface area contributed by atoms with E-state index in [0.717, 1.165) is 36.9 Å². The van der Waals surface area contributed by atoms with Crippen molar-refractivity contribution in [3.8, 4) is 11.3 Å². The summed E-state index contributed by atoms with van der Waals surface area (Å²) in [6.07, 6.45) is 4.46. The average Bonchev–Trinajstić information content (AvgIpc) is 3.02. The summed E-state index contributed by atoms with van der Waals surface area (Å²) in [4.78, 5) is 4.12. The van der Waals surface area contributed by atoms with Crippen LogP contribution in [0.15, 0.2) is 24.5 Å². The third-order valence-electron chi connectivity index (χ3n) is 5.20. The summed E-state index contributed by atoms with van der Waals surface area (Å²) in [5.74, 6) is 0.293. The Bertz CT molecular complexity index is 767. The molecule has 0 aromatic carbocycles. The summed E-state index contributed by atoms with van der Waals surface area (Å²) in [6, 6.07) is 3.69. The molecule has 1 aliphatic rings. The van der Waals surface area contributed by atoms with Crippen molar-refractivity contribution in [2.45, 2.75) is 64.1 Å². The lowest BCUT2D eigenvalue weighted by molar-refractivity contribution is -0.000391. The number of hydrogen-bond acceptors (Lipinski definition) is 4. The van der Waals surface area contributed by atoms with Crippen LogP contribution >= 0.6 is 11.6 Å². The van der Waals surface area contributed by atoms with E-state index in [-0.39, 0.29) is 6.04 Å². The molecule has 1 fully saturated rings. The van der Waals surface area contributed by atoms with Gasteiger partial charge in [0.15, 0.2) is 0 Å². The van der Waals surface area contributed by atoms with Crippen molar-refractivity contribution in [2.75, 3.05) is 5.32 Å². The molecule has 3 rings (SSSR count). The van der Waals surface area contributed by atoms with Gasteiger partial charge in [-0.1, -0.05) is 11.6 Å². The van der Waals surface area contributed by atoms with Crippen molar-refractivity contribution < 1.29 is 13.9 Å². The number of alkyl halides is 2. The Hall–Kier alpha value is -1.73. The lowest BCUT2D eigenvalue weighted by atomic mass is 9.77. The van der Waals surface area contributed by atoms with Gasteiger partial charge in [-0.15, -0.1) is 0 Å². The fraction of sp³-hybridized carbons (Fsp3) is 0.579. The first-order valence-corrected chi connectivity index (χ1v) is 9.56. The smallest absolute Gasteiger partial charge is 0.257 e. The first kappa shape index (κ1) is 20.0. The van der Waals surface area contributed by atoms with Gasteiger partial charge in [-0.25, -0.2) is 13.8 Å². The van der Waals surface area contributed by atoms with Crippen molar-refractivity contribution in [2.24, 2.45) is 5.92 Å². The number of nitrogens with zero attached hydrogens (tertiary/aromatic N) is 3. The van der Waals surface area contributed by atoms with E-state index in [1.54, 1.807) is 18.3 Å². The van der Waals surface area contributed by atoms with Crippen molar-refractivity contribution in [3.63, 3.8) is 0 Å². The second-order valence-electron chi connectivity index (χ2n) is 7.71. The molecule has 0 unspecified atom stereocenters. The highest BCUT2D eigenvalue weighted by molar-refractivity contribution is 6.29. The zero-order valence-electron chi connectivity index (χ0n) is 15.5. The first-order chi connectivity index (χ1) is 12.7. The van der Waals surface area contributed by atoms with Gasteiger partial charge >= 0.3 is 0 Å². The van der Waals surface area contributed by atoms with E-state index in [1.807, 2.05) is 13.8 Å². The van der Waals surface area contributed by atoms with Crippen LogP contribution in [-0.4, -0.2) is 37.9 Å². The van der Waals surface area contributed by atoms with E-state index >= 15 is 0 Å². The quantitative estimate of drug-likeness (QED) is 0.698. The van der Waals surface area contributed by atoms with E-state index in [2.05, 4.69) is 15.4 Å². The van der Waals surface area contributed by atoms with E-state index in [1.165, 1.54) is 10.9 Å². The van der Waals surface area contributed by atoms with Gasteiger partial charge < -0.3 is 10.4 Å². The number of pyridine rings is 1. The van der Waals surface area contributed by atoms with Crippen LogP contribution in [0.5, 0.6) is 0 Å². The summed E-state index contributed by atoms with van der Waals surface area (Å²) in [5, 5.41) is 18.3. The number of nitrogens with one attached hydrogen (secondary N) is 1. The Labute approximate surface area is 162 Å². The van der Waals surface area contributed by atoms with Crippen LogP contribution in [0.1, 0.15) is 39.5 Å². The monoisotopic (exact) mass is 398 g/mol. The van der Waals surface area contributed by atoms with Gasteiger partial charge in [0.05, 0.1) is 11.3 Å². The molecule has 2 N–H and O–H groups in total. The van der Waals surface area contributed by atoms with Crippen LogP contribution in [0.4, 0.5) is 14.5 Å². The molecule has 0 spiro atoms. The standard InChI is InChI=1S/C19H25ClF2N4O/c1-19(2,27)12-3-5-13(6-4-12)24-16-9-17(20)23-10-14(16)15-7-8-26(25-15)11-18(21)22/h7-10,12-13,18,27H,3-6,11H2,1-2H3,(H,23,24). The van der Waals surface area contributed by atoms with Crippen LogP contribution in [0.3, 0.4) is 0 Å². The van der Waals surface area contributed by atoms with Crippen LogP contribution in [0.2, 0.25) is 5.15 Å². The minimum Gasteiger partial charge on any atom is -0.390 e. The molecule has 27 heavy (non-hydrogen) atoms. The van der Waals surface area contributed by atoms with Crippen molar-refractivity contribution in [1.82, 2.24) is 14.8 Å². The van der Waals surface area contributed by atoms with Crippen LogP contribution < -0.4 is 5.32 Å². The van der Waals surface area contributed by atoms with Crippen LogP contribution in [-0.2, 0) is 6.54 Å². The SMILES string of the molecule is CC(C)(O)C1CCC(Nc2cc(Cl)ncc2-c2ccn(CC(F)F)n2)CC1. The molecule has 1 aliphatic carbocycles. The fourth-order valence-corrected chi connectivity index (χ4v) is 3.82. The summed E-state index contributed by atoms with van der Waals surface area (Å²) in [5.41, 5.74) is 1.45. The summed E-state index contributed by atoms with van der Waals surface area (Å²) >= 11 is 6.07. The van der Waals surface area contributed by atoms with E-state index in [4.69, 9.17) is 11.6 Å². The largest absolute Gasteiger partial charge is 0.390 e. The second kappa shape index (κ2) is 8.10. The molecular formula is C19H25ClF2N4O. The maximum absolute atomic E-state index is 12.6. The lowest BCUT2D eigenvalue weighted by Crippen LogP contribution is -2.37. The average molecular weight is 399 g/mol. The molecule has 2 aromatic rings. The number of hydrogen-bond donors (Lipinski definition) is 2. The molecule has 5 nitrogen and oxygen atoms in total. The highest BCUT2D eigenvalue weighted by Crippen LogP contribution is 2.35. The summed E-state index contributed by atoms with van der Waals surface area (Å²) < 4.78 is 26.4. The third-order valence-corrected chi connectivity index (χ3v) is 5.40.